The first kappa shape index (κ1) is 17.6. The molecule has 3 rings (SSSR count). The van der Waals surface area contributed by atoms with Crippen LogP contribution in [0.3, 0.4) is 0 Å². The van der Waals surface area contributed by atoms with E-state index in [1.165, 1.54) is 10.4 Å². The van der Waals surface area contributed by atoms with Crippen LogP contribution >= 0.6 is 0 Å². The highest BCUT2D eigenvalue weighted by atomic mass is 32.2. The van der Waals surface area contributed by atoms with Gasteiger partial charge in [0.1, 0.15) is 5.71 Å². The maximum Gasteiger partial charge on any atom is 0.271 e. The number of amides is 2. The molecule has 2 heterocycles. The van der Waals surface area contributed by atoms with Gasteiger partial charge in [-0.1, -0.05) is 6.07 Å². The molecule has 0 unspecified atom stereocenters. The van der Waals surface area contributed by atoms with Crippen molar-refractivity contribution in [1.82, 2.24) is 9.73 Å². The maximum absolute atomic E-state index is 12.8. The SMILES string of the molecule is Cc1ccc(NC(=O)C2=NNC(=O)CC2)cc1S(=O)(=O)N1CCCC1. The van der Waals surface area contributed by atoms with Crippen LogP contribution in [0.15, 0.2) is 28.2 Å². The Balaban J connectivity index is 1.82. The molecule has 25 heavy (non-hydrogen) atoms. The molecule has 1 aromatic carbocycles. The smallest absolute Gasteiger partial charge is 0.271 e. The van der Waals surface area contributed by atoms with E-state index < -0.39 is 15.9 Å². The summed E-state index contributed by atoms with van der Waals surface area (Å²) in [6.45, 7) is 2.78. The lowest BCUT2D eigenvalue weighted by Gasteiger charge is -2.18. The van der Waals surface area contributed by atoms with Crippen molar-refractivity contribution in [3.8, 4) is 0 Å². The largest absolute Gasteiger partial charge is 0.321 e. The fourth-order valence-corrected chi connectivity index (χ4v) is 4.63. The molecule has 0 bridgehead atoms. The fraction of sp³-hybridized carbons (Fsp3) is 0.438. The molecule has 1 aromatic rings. The number of benzene rings is 1. The molecule has 0 aromatic heterocycles. The van der Waals surface area contributed by atoms with Crippen LogP contribution in [0.5, 0.6) is 0 Å². The van der Waals surface area contributed by atoms with Crippen molar-refractivity contribution in [3.05, 3.63) is 23.8 Å². The Bertz CT molecular complexity index is 842. The third-order valence-electron chi connectivity index (χ3n) is 4.30. The molecule has 2 N–H and O–H groups in total. The normalized spacial score (nSPS) is 18.6. The summed E-state index contributed by atoms with van der Waals surface area (Å²) in [6.07, 6.45) is 2.18. The molecule has 1 fully saturated rings. The van der Waals surface area contributed by atoms with Gasteiger partial charge in [0.25, 0.3) is 5.91 Å². The molecule has 2 aliphatic heterocycles. The summed E-state index contributed by atoms with van der Waals surface area (Å²) in [5.41, 5.74) is 3.49. The molecule has 0 saturated carbocycles. The molecule has 8 nitrogen and oxygen atoms in total. The molecular weight excluding hydrogens is 344 g/mol. The van der Waals surface area contributed by atoms with E-state index in [1.807, 2.05) is 0 Å². The highest BCUT2D eigenvalue weighted by Crippen LogP contribution is 2.26. The van der Waals surface area contributed by atoms with Gasteiger partial charge in [0.05, 0.1) is 4.90 Å². The number of carbonyl (C=O) groups excluding carboxylic acids is 2. The van der Waals surface area contributed by atoms with Crippen LogP contribution in [0, 0.1) is 6.92 Å². The topological polar surface area (TPSA) is 108 Å². The maximum atomic E-state index is 12.8. The summed E-state index contributed by atoms with van der Waals surface area (Å²) in [5.74, 6) is -0.681. The van der Waals surface area contributed by atoms with Crippen LogP contribution in [0.25, 0.3) is 0 Å². The minimum absolute atomic E-state index is 0.200. The number of anilines is 1. The number of rotatable bonds is 4. The van der Waals surface area contributed by atoms with Gasteiger partial charge in [0.15, 0.2) is 0 Å². The van der Waals surface area contributed by atoms with Crippen LogP contribution in [0.4, 0.5) is 5.69 Å². The molecule has 0 radical (unpaired) electrons. The van der Waals surface area contributed by atoms with E-state index in [2.05, 4.69) is 15.8 Å². The molecule has 134 valence electrons. The van der Waals surface area contributed by atoms with E-state index in [4.69, 9.17) is 0 Å². The van der Waals surface area contributed by atoms with E-state index in [0.717, 1.165) is 12.8 Å². The van der Waals surface area contributed by atoms with E-state index in [1.54, 1.807) is 19.1 Å². The average Bonchev–Trinajstić information content (AvgIpc) is 3.12. The molecule has 2 aliphatic rings. The summed E-state index contributed by atoms with van der Waals surface area (Å²) >= 11 is 0. The number of nitrogens with one attached hydrogen (secondary N) is 2. The van der Waals surface area contributed by atoms with Gasteiger partial charge in [0.2, 0.25) is 15.9 Å². The van der Waals surface area contributed by atoms with Gasteiger partial charge in [-0.05, 0) is 37.5 Å². The first-order chi connectivity index (χ1) is 11.9. The quantitative estimate of drug-likeness (QED) is 0.830. The molecule has 0 aliphatic carbocycles. The second-order valence-electron chi connectivity index (χ2n) is 6.14. The predicted molar refractivity (Wildman–Crippen MR) is 92.6 cm³/mol. The summed E-state index contributed by atoms with van der Waals surface area (Å²) < 4.78 is 27.0. The minimum Gasteiger partial charge on any atom is -0.321 e. The minimum atomic E-state index is -3.57. The Kier molecular flexibility index (Phi) is 4.87. The van der Waals surface area contributed by atoms with Crippen molar-refractivity contribution in [2.45, 2.75) is 37.5 Å². The number of nitrogens with zero attached hydrogens (tertiary/aromatic N) is 2. The third-order valence-corrected chi connectivity index (χ3v) is 6.34. The number of hydrazone groups is 1. The van der Waals surface area contributed by atoms with Crippen molar-refractivity contribution < 1.29 is 18.0 Å². The molecular formula is C16H20N4O4S. The lowest BCUT2D eigenvalue weighted by atomic mass is 10.1. The zero-order chi connectivity index (χ0) is 18.0. The van der Waals surface area contributed by atoms with E-state index >= 15 is 0 Å². The highest BCUT2D eigenvalue weighted by Gasteiger charge is 2.29. The summed E-state index contributed by atoms with van der Waals surface area (Å²) in [7, 11) is -3.57. The van der Waals surface area contributed by atoms with Gasteiger partial charge in [-0.25, -0.2) is 13.8 Å². The Hall–Kier alpha value is -2.26. The summed E-state index contributed by atoms with van der Waals surface area (Å²) in [4.78, 5) is 23.5. The molecule has 0 atom stereocenters. The van der Waals surface area contributed by atoms with Gasteiger partial charge >= 0.3 is 0 Å². The zero-order valence-corrected chi connectivity index (χ0v) is 14.7. The van der Waals surface area contributed by atoms with Gasteiger partial charge < -0.3 is 5.32 Å². The number of hydrogen-bond acceptors (Lipinski definition) is 5. The summed E-state index contributed by atoms with van der Waals surface area (Å²) in [6, 6.07) is 4.80. The van der Waals surface area contributed by atoms with Crippen LogP contribution in [-0.4, -0.2) is 43.3 Å². The standard InChI is InChI=1S/C16H20N4O4S/c1-11-4-5-12(17-16(22)13-6-7-15(21)19-18-13)10-14(11)25(23,24)20-8-2-3-9-20/h4-5,10H,2-3,6-9H2,1H3,(H,17,22)(H,19,21). The second kappa shape index (κ2) is 6.93. The first-order valence-electron chi connectivity index (χ1n) is 8.15. The number of aryl methyl sites for hydroxylation is 1. The van der Waals surface area contributed by atoms with Crippen LogP contribution in [0.1, 0.15) is 31.2 Å². The van der Waals surface area contributed by atoms with E-state index in [-0.39, 0.29) is 29.4 Å². The lowest BCUT2D eigenvalue weighted by molar-refractivity contribution is -0.121. The Morgan fingerprint density at radius 3 is 2.60 bits per heavy atom. The Labute approximate surface area is 146 Å². The highest BCUT2D eigenvalue weighted by molar-refractivity contribution is 7.89. The van der Waals surface area contributed by atoms with Gasteiger partial charge in [0, 0.05) is 31.6 Å². The molecule has 1 saturated heterocycles. The average molecular weight is 364 g/mol. The summed E-state index contributed by atoms with van der Waals surface area (Å²) in [5, 5.41) is 6.39. The predicted octanol–water partition coefficient (Wildman–Crippen LogP) is 0.984. The lowest BCUT2D eigenvalue weighted by Crippen LogP contribution is -2.33. The molecule has 9 heteroatoms. The van der Waals surface area contributed by atoms with Crippen molar-refractivity contribution in [1.29, 1.82) is 0 Å². The van der Waals surface area contributed by atoms with Crippen molar-refractivity contribution in [3.63, 3.8) is 0 Å². The monoisotopic (exact) mass is 364 g/mol. The first-order valence-corrected chi connectivity index (χ1v) is 9.59. The molecule has 2 amide bonds. The fourth-order valence-electron chi connectivity index (χ4n) is 2.86. The van der Waals surface area contributed by atoms with Crippen LogP contribution < -0.4 is 10.7 Å². The van der Waals surface area contributed by atoms with Crippen LogP contribution in [0.2, 0.25) is 0 Å². The van der Waals surface area contributed by atoms with E-state index in [0.29, 0.717) is 24.3 Å². The number of sulfonamides is 1. The van der Waals surface area contributed by atoms with Crippen molar-refractivity contribution in [2.75, 3.05) is 18.4 Å². The number of carbonyl (C=O) groups is 2. The second-order valence-corrected chi connectivity index (χ2v) is 8.05. The van der Waals surface area contributed by atoms with Crippen molar-refractivity contribution in [2.24, 2.45) is 5.10 Å². The van der Waals surface area contributed by atoms with E-state index in [9.17, 15) is 18.0 Å². The van der Waals surface area contributed by atoms with Gasteiger partial charge in [-0.15, -0.1) is 0 Å². The van der Waals surface area contributed by atoms with Crippen molar-refractivity contribution >= 4 is 33.2 Å². The zero-order valence-electron chi connectivity index (χ0n) is 13.9. The number of hydrogen-bond donors (Lipinski definition) is 2. The van der Waals surface area contributed by atoms with Gasteiger partial charge in [-0.2, -0.15) is 9.41 Å². The van der Waals surface area contributed by atoms with Crippen LogP contribution in [-0.2, 0) is 19.6 Å². The van der Waals surface area contributed by atoms with Gasteiger partial charge in [-0.3, -0.25) is 9.59 Å². The molecule has 0 spiro atoms. The Morgan fingerprint density at radius 2 is 1.96 bits per heavy atom. The third kappa shape index (κ3) is 3.72. The Morgan fingerprint density at radius 1 is 1.24 bits per heavy atom.